The monoisotopic (exact) mass is 364 g/mol. The lowest BCUT2D eigenvalue weighted by atomic mass is 10.1. The number of nitrogens with zero attached hydrogens (tertiary/aromatic N) is 1. The van der Waals surface area contributed by atoms with E-state index in [0.29, 0.717) is 6.61 Å². The van der Waals surface area contributed by atoms with Gasteiger partial charge in [0.1, 0.15) is 12.4 Å². The minimum Gasteiger partial charge on any atom is -0.488 e. The molecule has 2 aromatic carbocycles. The van der Waals surface area contributed by atoms with Crippen molar-refractivity contribution in [1.29, 1.82) is 0 Å². The van der Waals surface area contributed by atoms with E-state index in [2.05, 4.69) is 73.3 Å². The second-order valence-corrected chi connectivity index (χ2v) is 7.31. The van der Waals surface area contributed by atoms with Gasteiger partial charge >= 0.3 is 0 Å². The van der Waals surface area contributed by atoms with E-state index in [4.69, 9.17) is 4.74 Å². The zero-order valence-electron chi connectivity index (χ0n) is 16.9. The number of benzene rings is 2. The molecule has 0 aliphatic carbocycles. The summed E-state index contributed by atoms with van der Waals surface area (Å²) in [6, 6.07) is 14.7. The molecule has 0 amide bonds. The molecule has 3 rings (SSSR count). The van der Waals surface area contributed by atoms with E-state index in [1.807, 2.05) is 6.07 Å². The summed E-state index contributed by atoms with van der Waals surface area (Å²) in [7, 11) is 0. The molecular weight excluding hydrogens is 332 g/mol. The van der Waals surface area contributed by atoms with Crippen molar-refractivity contribution in [2.75, 3.05) is 19.6 Å². The third kappa shape index (κ3) is 4.92. The quantitative estimate of drug-likeness (QED) is 0.498. The summed E-state index contributed by atoms with van der Waals surface area (Å²) >= 11 is 0. The molecule has 27 heavy (non-hydrogen) atoms. The van der Waals surface area contributed by atoms with Crippen LogP contribution in [0.3, 0.4) is 0 Å². The average Bonchev–Trinajstić information content (AvgIpc) is 3.10. The Kier molecular flexibility index (Phi) is 6.94. The maximum absolute atomic E-state index is 6.30. The molecule has 0 aliphatic rings. The normalized spacial score (nSPS) is 11.4. The summed E-state index contributed by atoms with van der Waals surface area (Å²) in [5, 5.41) is 1.25. The van der Waals surface area contributed by atoms with Gasteiger partial charge in [0.25, 0.3) is 0 Å². The summed E-state index contributed by atoms with van der Waals surface area (Å²) < 4.78 is 6.30. The summed E-state index contributed by atoms with van der Waals surface area (Å²) in [6.07, 6.45) is 5.62. The lowest BCUT2D eigenvalue weighted by molar-refractivity contribution is 0.278. The fourth-order valence-electron chi connectivity index (χ4n) is 3.72. The van der Waals surface area contributed by atoms with E-state index in [1.54, 1.807) is 0 Å². The number of aromatic amines is 1. The first-order valence-electron chi connectivity index (χ1n) is 10.2. The van der Waals surface area contributed by atoms with Crippen LogP contribution in [0, 0.1) is 6.92 Å². The first-order chi connectivity index (χ1) is 13.2. The average molecular weight is 365 g/mol. The van der Waals surface area contributed by atoms with Gasteiger partial charge in [-0.15, -0.1) is 0 Å². The van der Waals surface area contributed by atoms with Crippen LogP contribution in [-0.2, 0) is 13.0 Å². The Bertz CT molecular complexity index is 832. The second-order valence-electron chi connectivity index (χ2n) is 7.31. The summed E-state index contributed by atoms with van der Waals surface area (Å²) in [5.41, 5.74) is 4.91. The molecule has 0 radical (unpaired) electrons. The van der Waals surface area contributed by atoms with Gasteiger partial charge in [0.05, 0.1) is 0 Å². The predicted molar refractivity (Wildman–Crippen MR) is 115 cm³/mol. The number of hydrogen-bond acceptors (Lipinski definition) is 2. The van der Waals surface area contributed by atoms with Gasteiger partial charge in [-0.2, -0.15) is 0 Å². The van der Waals surface area contributed by atoms with Crippen LogP contribution in [0.15, 0.2) is 48.7 Å². The number of fused-ring (bicyclic) bond motifs is 1. The molecule has 0 bridgehead atoms. The molecule has 3 nitrogen and oxygen atoms in total. The minimum atomic E-state index is 0.600. The Morgan fingerprint density at radius 3 is 2.37 bits per heavy atom. The predicted octanol–water partition coefficient (Wildman–Crippen LogP) is 5.72. The molecule has 0 atom stereocenters. The van der Waals surface area contributed by atoms with Crippen molar-refractivity contribution in [2.45, 2.75) is 46.6 Å². The van der Waals surface area contributed by atoms with Gasteiger partial charge in [-0.05, 0) is 62.0 Å². The maximum Gasteiger partial charge on any atom is 0.132 e. The third-order valence-corrected chi connectivity index (χ3v) is 5.08. The molecular formula is C24H32N2O. The Hall–Kier alpha value is -2.26. The molecule has 0 aliphatic heterocycles. The zero-order valence-corrected chi connectivity index (χ0v) is 16.9. The van der Waals surface area contributed by atoms with Gasteiger partial charge in [-0.25, -0.2) is 0 Å². The smallest absolute Gasteiger partial charge is 0.132 e. The number of aryl methyl sites for hydroxylation is 1. The summed E-state index contributed by atoms with van der Waals surface area (Å²) in [4.78, 5) is 6.01. The molecule has 0 spiro atoms. The number of H-pyrrole nitrogens is 1. The highest BCUT2D eigenvalue weighted by atomic mass is 16.5. The number of nitrogens with one attached hydrogen (secondary N) is 1. The topological polar surface area (TPSA) is 28.3 Å². The first-order valence-corrected chi connectivity index (χ1v) is 10.2. The van der Waals surface area contributed by atoms with Crippen molar-refractivity contribution in [2.24, 2.45) is 0 Å². The standard InChI is InChI=1S/C24H32N2O/c1-4-14-26(15-5-2)16-13-21-17-25-22-12-11-19(3)24(23(21)22)27-18-20-9-7-6-8-10-20/h6-12,17,25H,4-5,13-16,18H2,1-3H3. The molecule has 0 unspecified atom stereocenters. The molecule has 0 saturated carbocycles. The van der Waals surface area contributed by atoms with Crippen LogP contribution >= 0.6 is 0 Å². The van der Waals surface area contributed by atoms with Crippen molar-refractivity contribution in [3.63, 3.8) is 0 Å². The minimum absolute atomic E-state index is 0.600. The van der Waals surface area contributed by atoms with Crippen molar-refractivity contribution < 1.29 is 4.74 Å². The van der Waals surface area contributed by atoms with Gasteiger partial charge in [-0.1, -0.05) is 50.2 Å². The van der Waals surface area contributed by atoms with Crippen molar-refractivity contribution in [3.8, 4) is 5.75 Å². The third-order valence-electron chi connectivity index (χ3n) is 5.08. The van der Waals surface area contributed by atoms with Gasteiger partial charge in [0.2, 0.25) is 0 Å². The summed E-state index contributed by atoms with van der Waals surface area (Å²) in [5.74, 6) is 1.02. The molecule has 0 fully saturated rings. The van der Waals surface area contributed by atoms with Gasteiger partial charge < -0.3 is 14.6 Å². The van der Waals surface area contributed by atoms with Gasteiger partial charge in [0.15, 0.2) is 0 Å². The molecule has 1 N–H and O–H groups in total. The molecule has 3 aromatic rings. The van der Waals surface area contributed by atoms with E-state index in [1.165, 1.54) is 48.0 Å². The number of aromatic nitrogens is 1. The number of rotatable bonds is 10. The lowest BCUT2D eigenvalue weighted by Gasteiger charge is -2.21. The van der Waals surface area contributed by atoms with E-state index >= 15 is 0 Å². The fraction of sp³-hybridized carbons (Fsp3) is 0.417. The highest BCUT2D eigenvalue weighted by Gasteiger charge is 2.14. The molecule has 0 saturated heterocycles. The van der Waals surface area contributed by atoms with Gasteiger partial charge in [-0.3, -0.25) is 0 Å². The Morgan fingerprint density at radius 1 is 0.926 bits per heavy atom. The Morgan fingerprint density at radius 2 is 1.67 bits per heavy atom. The van der Waals surface area contributed by atoms with Crippen LogP contribution in [0.5, 0.6) is 5.75 Å². The Balaban J connectivity index is 1.81. The maximum atomic E-state index is 6.30. The van der Waals surface area contributed by atoms with Crippen LogP contribution in [-0.4, -0.2) is 29.5 Å². The highest BCUT2D eigenvalue weighted by molar-refractivity contribution is 5.90. The lowest BCUT2D eigenvalue weighted by Crippen LogP contribution is -2.27. The van der Waals surface area contributed by atoms with Crippen LogP contribution in [0.25, 0.3) is 10.9 Å². The van der Waals surface area contributed by atoms with Crippen LogP contribution in [0.1, 0.15) is 43.4 Å². The zero-order chi connectivity index (χ0) is 19.1. The SMILES string of the molecule is CCCN(CCC)CCc1c[nH]c2ccc(C)c(OCc3ccccc3)c12. The molecule has 1 heterocycles. The van der Waals surface area contributed by atoms with Crippen molar-refractivity contribution in [1.82, 2.24) is 9.88 Å². The first kappa shape index (κ1) is 19.5. The Labute approximate surface area is 163 Å². The van der Waals surface area contributed by atoms with Crippen LogP contribution in [0.2, 0.25) is 0 Å². The van der Waals surface area contributed by atoms with Crippen LogP contribution in [0.4, 0.5) is 0 Å². The van der Waals surface area contributed by atoms with E-state index < -0.39 is 0 Å². The summed E-state index contributed by atoms with van der Waals surface area (Å²) in [6.45, 7) is 10.7. The van der Waals surface area contributed by atoms with E-state index in [9.17, 15) is 0 Å². The van der Waals surface area contributed by atoms with Crippen molar-refractivity contribution >= 4 is 10.9 Å². The van der Waals surface area contributed by atoms with E-state index in [-0.39, 0.29) is 0 Å². The fourth-order valence-corrected chi connectivity index (χ4v) is 3.72. The highest BCUT2D eigenvalue weighted by Crippen LogP contribution is 2.33. The van der Waals surface area contributed by atoms with E-state index in [0.717, 1.165) is 24.2 Å². The largest absolute Gasteiger partial charge is 0.488 e. The number of hydrogen-bond donors (Lipinski definition) is 1. The molecule has 3 heteroatoms. The van der Waals surface area contributed by atoms with Gasteiger partial charge in [0, 0.05) is 23.6 Å². The van der Waals surface area contributed by atoms with Crippen molar-refractivity contribution in [3.05, 3.63) is 65.4 Å². The van der Waals surface area contributed by atoms with Crippen LogP contribution < -0.4 is 4.74 Å². The second kappa shape index (κ2) is 9.61. The molecule has 1 aromatic heterocycles. The molecule has 144 valence electrons. The number of ether oxygens (including phenoxy) is 1.